The number of hydrazine groups is 1. The van der Waals surface area contributed by atoms with Crippen LogP contribution < -0.4 is 11.3 Å². The molecule has 2 aliphatic rings. The molecule has 0 bridgehead atoms. The van der Waals surface area contributed by atoms with Gasteiger partial charge in [0.1, 0.15) is 0 Å². The molecule has 2 fully saturated rings. The van der Waals surface area contributed by atoms with Gasteiger partial charge in [0.25, 0.3) is 0 Å². The summed E-state index contributed by atoms with van der Waals surface area (Å²) in [6, 6.07) is 2.43. The van der Waals surface area contributed by atoms with E-state index in [0.717, 1.165) is 19.4 Å². The Hall–Kier alpha value is 0.410. The molecule has 1 spiro atoms. The predicted octanol–water partition coefficient (Wildman–Crippen LogP) is 3.71. The molecular formula is C14H21BrN2OS2. The summed E-state index contributed by atoms with van der Waals surface area (Å²) in [4.78, 5) is 0. The molecule has 0 aliphatic carbocycles. The second kappa shape index (κ2) is 6.67. The van der Waals surface area contributed by atoms with E-state index in [9.17, 15) is 0 Å². The Labute approximate surface area is 137 Å². The van der Waals surface area contributed by atoms with Gasteiger partial charge in [0.15, 0.2) is 0 Å². The van der Waals surface area contributed by atoms with Crippen molar-refractivity contribution in [3.05, 3.63) is 20.8 Å². The van der Waals surface area contributed by atoms with E-state index < -0.39 is 0 Å². The van der Waals surface area contributed by atoms with Gasteiger partial charge in [-0.1, -0.05) is 0 Å². The van der Waals surface area contributed by atoms with Gasteiger partial charge in [0.05, 0.1) is 9.39 Å². The summed E-state index contributed by atoms with van der Waals surface area (Å²) < 4.78 is 7.35. The number of hydrogen-bond acceptors (Lipinski definition) is 5. The van der Waals surface area contributed by atoms with Crippen LogP contribution in [-0.2, 0) is 4.74 Å². The number of rotatable bonds is 3. The minimum atomic E-state index is 0.122. The predicted molar refractivity (Wildman–Crippen MR) is 90.0 cm³/mol. The molecule has 1 aromatic heterocycles. The first-order chi connectivity index (χ1) is 9.72. The first kappa shape index (κ1) is 15.3. The van der Waals surface area contributed by atoms with Crippen molar-refractivity contribution in [2.45, 2.75) is 37.3 Å². The van der Waals surface area contributed by atoms with Gasteiger partial charge in [-0.15, -0.1) is 11.3 Å². The number of thiophene rings is 1. The number of nitrogens with one attached hydrogen (secondary N) is 1. The van der Waals surface area contributed by atoms with E-state index in [2.05, 4.69) is 44.6 Å². The number of halogens is 1. The Morgan fingerprint density at radius 3 is 2.90 bits per heavy atom. The maximum absolute atomic E-state index is 6.18. The highest BCUT2D eigenvalue weighted by atomic mass is 79.9. The summed E-state index contributed by atoms with van der Waals surface area (Å²) in [5, 5.41) is 2.20. The van der Waals surface area contributed by atoms with Crippen LogP contribution in [0.4, 0.5) is 0 Å². The van der Waals surface area contributed by atoms with Gasteiger partial charge < -0.3 is 4.74 Å². The van der Waals surface area contributed by atoms with Gasteiger partial charge in [0, 0.05) is 12.6 Å². The molecular weight excluding hydrogens is 356 g/mol. The topological polar surface area (TPSA) is 47.3 Å². The molecule has 2 atom stereocenters. The highest BCUT2D eigenvalue weighted by Crippen LogP contribution is 2.44. The van der Waals surface area contributed by atoms with Gasteiger partial charge in [-0.25, -0.2) is 0 Å². The first-order valence-electron chi connectivity index (χ1n) is 7.14. The highest BCUT2D eigenvalue weighted by molar-refractivity contribution is 9.11. The van der Waals surface area contributed by atoms with Crippen molar-refractivity contribution in [1.29, 1.82) is 0 Å². The molecule has 20 heavy (non-hydrogen) atoms. The van der Waals surface area contributed by atoms with Crippen molar-refractivity contribution in [1.82, 2.24) is 5.43 Å². The zero-order valence-electron chi connectivity index (χ0n) is 11.4. The molecule has 1 aromatic rings. The molecule has 2 aliphatic heterocycles. The van der Waals surface area contributed by atoms with Gasteiger partial charge in [-0.2, -0.15) is 11.8 Å². The highest BCUT2D eigenvalue weighted by Gasteiger charge is 2.41. The number of ether oxygens (including phenoxy) is 1. The Balaban J connectivity index is 1.74. The molecule has 3 N–H and O–H groups in total. The van der Waals surface area contributed by atoms with Crippen LogP contribution in [0.25, 0.3) is 0 Å². The third-order valence-corrected chi connectivity index (χ3v) is 7.04. The molecule has 0 amide bonds. The van der Waals surface area contributed by atoms with Crippen molar-refractivity contribution < 1.29 is 4.74 Å². The fourth-order valence-corrected chi connectivity index (χ4v) is 5.88. The largest absolute Gasteiger partial charge is 0.375 e. The molecule has 2 saturated heterocycles. The number of nitrogens with two attached hydrogens (primary N) is 1. The van der Waals surface area contributed by atoms with E-state index in [4.69, 9.17) is 10.6 Å². The van der Waals surface area contributed by atoms with Crippen LogP contribution in [0.5, 0.6) is 0 Å². The van der Waals surface area contributed by atoms with Crippen LogP contribution in [0.2, 0.25) is 0 Å². The van der Waals surface area contributed by atoms with Crippen LogP contribution >= 0.6 is 39.0 Å². The van der Waals surface area contributed by atoms with Gasteiger partial charge in [-0.05, 0) is 76.0 Å². The van der Waals surface area contributed by atoms with Crippen molar-refractivity contribution >= 4 is 39.0 Å². The molecule has 112 valence electrons. The zero-order valence-corrected chi connectivity index (χ0v) is 14.7. The molecule has 2 unspecified atom stereocenters. The SMILES string of the molecule is NNC(c1csc(Br)c1)C1CCOC2(CCSCC2)C1. The zero-order chi connectivity index (χ0) is 14.0. The summed E-state index contributed by atoms with van der Waals surface area (Å²) in [6.45, 7) is 0.874. The Morgan fingerprint density at radius 2 is 2.25 bits per heavy atom. The second-order valence-electron chi connectivity index (χ2n) is 5.73. The molecule has 3 rings (SSSR count). The standard InChI is InChI=1S/C14H21BrN2OS2/c15-12-7-11(9-20-12)13(17-16)10-1-4-18-14(8-10)2-5-19-6-3-14/h7,9-10,13,17H,1-6,8,16H2. The second-order valence-corrected chi connectivity index (χ2v) is 9.24. The summed E-state index contributed by atoms with van der Waals surface area (Å²) in [5.41, 5.74) is 4.47. The normalized spacial score (nSPS) is 27.6. The quantitative estimate of drug-likeness (QED) is 0.623. The Bertz CT molecular complexity index is 443. The average molecular weight is 377 g/mol. The molecule has 3 heterocycles. The van der Waals surface area contributed by atoms with E-state index in [1.54, 1.807) is 11.3 Å². The number of thioether (sulfide) groups is 1. The third-order valence-electron chi connectivity index (χ3n) is 4.53. The van der Waals surface area contributed by atoms with Crippen LogP contribution in [0, 0.1) is 5.92 Å². The van der Waals surface area contributed by atoms with Crippen LogP contribution in [0.3, 0.4) is 0 Å². The number of hydrogen-bond donors (Lipinski definition) is 2. The average Bonchev–Trinajstić information content (AvgIpc) is 2.87. The van der Waals surface area contributed by atoms with Gasteiger partial charge in [0.2, 0.25) is 0 Å². The van der Waals surface area contributed by atoms with E-state index in [1.807, 2.05) is 0 Å². The summed E-state index contributed by atoms with van der Waals surface area (Å²) in [6.07, 6.45) is 4.62. The lowest BCUT2D eigenvalue weighted by Crippen LogP contribution is -2.46. The van der Waals surface area contributed by atoms with E-state index >= 15 is 0 Å². The van der Waals surface area contributed by atoms with Crippen molar-refractivity contribution in [3.63, 3.8) is 0 Å². The summed E-state index contributed by atoms with van der Waals surface area (Å²) in [7, 11) is 0. The van der Waals surface area contributed by atoms with Crippen molar-refractivity contribution in [2.75, 3.05) is 18.1 Å². The smallest absolute Gasteiger partial charge is 0.0701 e. The minimum absolute atomic E-state index is 0.122. The fourth-order valence-electron chi connectivity index (χ4n) is 3.43. The van der Waals surface area contributed by atoms with Crippen LogP contribution in [-0.4, -0.2) is 23.7 Å². The van der Waals surface area contributed by atoms with Crippen molar-refractivity contribution in [2.24, 2.45) is 11.8 Å². The van der Waals surface area contributed by atoms with Crippen LogP contribution in [0.15, 0.2) is 15.2 Å². The molecule has 0 aromatic carbocycles. The Morgan fingerprint density at radius 1 is 1.45 bits per heavy atom. The van der Waals surface area contributed by atoms with E-state index in [-0.39, 0.29) is 11.6 Å². The summed E-state index contributed by atoms with van der Waals surface area (Å²) >= 11 is 7.32. The molecule has 3 nitrogen and oxygen atoms in total. The molecule has 0 saturated carbocycles. The lowest BCUT2D eigenvalue weighted by Gasteiger charge is -2.45. The maximum atomic E-state index is 6.18. The van der Waals surface area contributed by atoms with Crippen LogP contribution in [0.1, 0.15) is 37.3 Å². The third kappa shape index (κ3) is 3.25. The maximum Gasteiger partial charge on any atom is 0.0701 e. The van der Waals surface area contributed by atoms with Gasteiger partial charge in [-0.3, -0.25) is 11.3 Å². The van der Waals surface area contributed by atoms with Gasteiger partial charge >= 0.3 is 0 Å². The minimum Gasteiger partial charge on any atom is -0.375 e. The Kier molecular flexibility index (Phi) is 5.10. The fraction of sp³-hybridized carbons (Fsp3) is 0.714. The lowest BCUT2D eigenvalue weighted by atomic mass is 9.77. The monoisotopic (exact) mass is 376 g/mol. The lowest BCUT2D eigenvalue weighted by molar-refractivity contribution is -0.107. The van der Waals surface area contributed by atoms with E-state index in [1.165, 1.54) is 33.7 Å². The molecule has 6 heteroatoms. The summed E-state index contributed by atoms with van der Waals surface area (Å²) in [5.74, 6) is 8.89. The van der Waals surface area contributed by atoms with Crippen molar-refractivity contribution in [3.8, 4) is 0 Å². The first-order valence-corrected chi connectivity index (χ1v) is 9.97. The van der Waals surface area contributed by atoms with E-state index in [0.29, 0.717) is 5.92 Å². The molecule has 0 radical (unpaired) electrons.